The SMILES string of the molecule is Cc1nn(-c2ccccc2)c(Oc2ccc(-c3nc4ccc([N+](=O)[O-])cc4[nH]3)cc2)c1/C=N/Nc1ccccc1. The molecule has 0 aliphatic heterocycles. The maximum absolute atomic E-state index is 11.1. The summed E-state index contributed by atoms with van der Waals surface area (Å²) in [6.07, 6.45) is 1.70. The Hall–Kier alpha value is -5.77. The van der Waals surface area contributed by atoms with E-state index in [1.165, 1.54) is 12.1 Å². The zero-order valence-electron chi connectivity index (χ0n) is 21.4. The van der Waals surface area contributed by atoms with Gasteiger partial charge in [0.25, 0.3) is 5.69 Å². The fraction of sp³-hybridized carbons (Fsp3) is 0.0333. The number of benzene rings is 4. The van der Waals surface area contributed by atoms with E-state index in [1.807, 2.05) is 91.9 Å². The Labute approximate surface area is 228 Å². The first-order chi connectivity index (χ1) is 19.5. The van der Waals surface area contributed by atoms with Crippen LogP contribution < -0.4 is 10.2 Å². The standard InChI is InChI=1S/C30H23N7O3/c1-20-26(19-31-34-22-8-4-2-5-9-22)30(36(35-20)23-10-6-3-7-11-23)40-25-15-12-21(13-16-25)29-32-27-17-14-24(37(38)39)18-28(27)33-29/h2-19,34H,1H3,(H,32,33)/b31-19+. The number of hydrazone groups is 1. The number of non-ortho nitro benzene ring substituents is 1. The molecule has 0 aliphatic rings. The van der Waals surface area contributed by atoms with Crippen LogP contribution in [0.4, 0.5) is 11.4 Å². The van der Waals surface area contributed by atoms with Crippen LogP contribution in [-0.4, -0.2) is 30.9 Å². The Morgan fingerprint density at radius 3 is 2.42 bits per heavy atom. The Morgan fingerprint density at radius 1 is 0.975 bits per heavy atom. The summed E-state index contributed by atoms with van der Waals surface area (Å²) in [5, 5.41) is 20.2. The lowest BCUT2D eigenvalue weighted by Crippen LogP contribution is -2.01. The van der Waals surface area contributed by atoms with Crippen LogP contribution in [0.25, 0.3) is 28.1 Å². The lowest BCUT2D eigenvalue weighted by molar-refractivity contribution is -0.384. The molecule has 10 heteroatoms. The van der Waals surface area contributed by atoms with E-state index in [2.05, 4.69) is 20.5 Å². The lowest BCUT2D eigenvalue weighted by Gasteiger charge is -2.10. The minimum atomic E-state index is -0.426. The van der Waals surface area contributed by atoms with Gasteiger partial charge in [-0.2, -0.15) is 14.9 Å². The predicted octanol–water partition coefficient (Wildman–Crippen LogP) is 6.87. The zero-order valence-corrected chi connectivity index (χ0v) is 21.4. The molecule has 0 radical (unpaired) electrons. The minimum absolute atomic E-state index is 0.00933. The number of H-pyrrole nitrogens is 1. The first kappa shape index (κ1) is 24.6. The van der Waals surface area contributed by atoms with E-state index in [4.69, 9.17) is 9.84 Å². The fourth-order valence-corrected chi connectivity index (χ4v) is 4.23. The number of hydrogen-bond donors (Lipinski definition) is 2. The van der Waals surface area contributed by atoms with E-state index in [0.29, 0.717) is 28.5 Å². The molecular formula is C30H23N7O3. The van der Waals surface area contributed by atoms with Crippen LogP contribution >= 0.6 is 0 Å². The highest BCUT2D eigenvalue weighted by Gasteiger charge is 2.18. The van der Waals surface area contributed by atoms with Crippen LogP contribution in [0.2, 0.25) is 0 Å². The van der Waals surface area contributed by atoms with Gasteiger partial charge >= 0.3 is 0 Å². The van der Waals surface area contributed by atoms with Crippen molar-refractivity contribution >= 4 is 28.6 Å². The molecule has 2 N–H and O–H groups in total. The smallest absolute Gasteiger partial charge is 0.271 e. The van der Waals surface area contributed by atoms with E-state index in [9.17, 15) is 10.1 Å². The van der Waals surface area contributed by atoms with E-state index >= 15 is 0 Å². The number of nitrogens with zero attached hydrogens (tertiary/aromatic N) is 5. The molecule has 0 aliphatic carbocycles. The number of nitro groups is 1. The Bertz CT molecular complexity index is 1830. The second kappa shape index (κ2) is 10.5. The number of aryl methyl sites for hydroxylation is 1. The van der Waals surface area contributed by atoms with Crippen LogP contribution in [0.3, 0.4) is 0 Å². The molecule has 0 unspecified atom stereocenters. The average Bonchev–Trinajstić information content (AvgIpc) is 3.55. The van der Waals surface area contributed by atoms with Crippen molar-refractivity contribution in [3.05, 3.63) is 124 Å². The van der Waals surface area contributed by atoms with Crippen molar-refractivity contribution in [3.63, 3.8) is 0 Å². The number of para-hydroxylation sites is 2. The van der Waals surface area contributed by atoms with Crippen molar-refractivity contribution in [2.24, 2.45) is 5.10 Å². The molecule has 2 aromatic heterocycles. The quantitative estimate of drug-likeness (QED) is 0.126. The molecule has 0 amide bonds. The van der Waals surface area contributed by atoms with Crippen molar-refractivity contribution < 1.29 is 9.66 Å². The maximum Gasteiger partial charge on any atom is 0.271 e. The number of aromatic nitrogens is 4. The Balaban J connectivity index is 1.30. The topological polar surface area (TPSA) is 123 Å². The van der Waals surface area contributed by atoms with E-state index in [1.54, 1.807) is 17.0 Å². The summed E-state index contributed by atoms with van der Waals surface area (Å²) in [6.45, 7) is 1.91. The van der Waals surface area contributed by atoms with Gasteiger partial charge in [0.1, 0.15) is 11.6 Å². The molecule has 6 aromatic rings. The summed E-state index contributed by atoms with van der Waals surface area (Å²) < 4.78 is 8.14. The van der Waals surface area contributed by atoms with Crippen molar-refractivity contribution in [1.82, 2.24) is 19.7 Å². The van der Waals surface area contributed by atoms with E-state index < -0.39 is 4.92 Å². The molecule has 40 heavy (non-hydrogen) atoms. The van der Waals surface area contributed by atoms with Crippen LogP contribution in [0.15, 0.2) is 108 Å². The van der Waals surface area contributed by atoms with Crippen LogP contribution in [0, 0.1) is 17.0 Å². The third kappa shape index (κ3) is 5.01. The highest BCUT2D eigenvalue weighted by Crippen LogP contribution is 2.31. The number of rotatable bonds is 8. The van der Waals surface area contributed by atoms with Gasteiger partial charge in [-0.05, 0) is 61.5 Å². The number of nitrogens with one attached hydrogen (secondary N) is 2. The molecule has 0 bridgehead atoms. The second-order valence-corrected chi connectivity index (χ2v) is 8.96. The third-order valence-corrected chi connectivity index (χ3v) is 6.24. The number of nitro benzene ring substituents is 1. The summed E-state index contributed by atoms with van der Waals surface area (Å²) in [4.78, 5) is 18.4. The number of hydrogen-bond acceptors (Lipinski definition) is 7. The number of imidazole rings is 1. The second-order valence-electron chi connectivity index (χ2n) is 8.96. The van der Waals surface area contributed by atoms with Crippen LogP contribution in [-0.2, 0) is 0 Å². The number of fused-ring (bicyclic) bond motifs is 1. The molecular weight excluding hydrogens is 506 g/mol. The van der Waals surface area contributed by atoms with E-state index in [-0.39, 0.29) is 5.69 Å². The average molecular weight is 530 g/mol. The highest BCUT2D eigenvalue weighted by molar-refractivity contribution is 5.85. The van der Waals surface area contributed by atoms with Crippen molar-refractivity contribution in [2.45, 2.75) is 6.92 Å². The summed E-state index contributed by atoms with van der Waals surface area (Å²) >= 11 is 0. The fourth-order valence-electron chi connectivity index (χ4n) is 4.23. The summed E-state index contributed by atoms with van der Waals surface area (Å²) in [5.41, 5.74) is 8.31. The van der Waals surface area contributed by atoms with Gasteiger partial charge in [-0.25, -0.2) is 4.98 Å². The predicted molar refractivity (Wildman–Crippen MR) is 154 cm³/mol. The van der Waals surface area contributed by atoms with Gasteiger partial charge in [-0.1, -0.05) is 36.4 Å². The number of aromatic amines is 1. The highest BCUT2D eigenvalue weighted by atomic mass is 16.6. The normalized spacial score (nSPS) is 11.2. The van der Waals surface area contributed by atoms with Gasteiger partial charge in [-0.15, -0.1) is 0 Å². The molecule has 0 saturated carbocycles. The van der Waals surface area contributed by atoms with Gasteiger partial charge in [0.15, 0.2) is 0 Å². The van der Waals surface area contributed by atoms with Crippen LogP contribution in [0.1, 0.15) is 11.3 Å². The number of anilines is 1. The Kier molecular flexibility index (Phi) is 6.47. The van der Waals surface area contributed by atoms with Gasteiger partial charge in [0.05, 0.1) is 44.8 Å². The summed E-state index contributed by atoms with van der Waals surface area (Å²) in [7, 11) is 0. The van der Waals surface area contributed by atoms with Gasteiger partial charge in [0.2, 0.25) is 5.88 Å². The first-order valence-electron chi connectivity index (χ1n) is 12.5. The zero-order chi connectivity index (χ0) is 27.5. The molecule has 6 rings (SSSR count). The molecule has 0 spiro atoms. The monoisotopic (exact) mass is 529 g/mol. The molecule has 0 fully saturated rings. The lowest BCUT2D eigenvalue weighted by atomic mass is 10.2. The first-order valence-corrected chi connectivity index (χ1v) is 12.5. The van der Waals surface area contributed by atoms with Crippen molar-refractivity contribution in [1.29, 1.82) is 0 Å². The van der Waals surface area contributed by atoms with Crippen molar-refractivity contribution in [2.75, 3.05) is 5.43 Å². The molecule has 0 saturated heterocycles. The molecule has 0 atom stereocenters. The summed E-state index contributed by atoms with van der Waals surface area (Å²) in [5.74, 6) is 1.72. The van der Waals surface area contributed by atoms with Gasteiger partial charge in [-0.3, -0.25) is 15.5 Å². The van der Waals surface area contributed by atoms with Crippen molar-refractivity contribution in [3.8, 4) is 28.7 Å². The molecule has 196 valence electrons. The molecule has 2 heterocycles. The molecule has 4 aromatic carbocycles. The van der Waals surface area contributed by atoms with Gasteiger partial charge in [0, 0.05) is 17.7 Å². The molecule has 10 nitrogen and oxygen atoms in total. The largest absolute Gasteiger partial charge is 0.438 e. The minimum Gasteiger partial charge on any atom is -0.438 e. The Morgan fingerprint density at radius 2 is 1.70 bits per heavy atom. The number of ether oxygens (including phenoxy) is 1. The van der Waals surface area contributed by atoms with Crippen LogP contribution in [0.5, 0.6) is 11.6 Å². The van der Waals surface area contributed by atoms with E-state index in [0.717, 1.165) is 28.2 Å². The summed E-state index contributed by atoms with van der Waals surface area (Å²) in [6, 6.07) is 31.4. The third-order valence-electron chi connectivity index (χ3n) is 6.24. The maximum atomic E-state index is 11.1. The van der Waals surface area contributed by atoms with Gasteiger partial charge < -0.3 is 9.72 Å².